The number of nitrogens with two attached hydrogens (primary N) is 1. The molecule has 0 saturated carbocycles. The molecule has 0 unspecified atom stereocenters. The lowest BCUT2D eigenvalue weighted by Gasteiger charge is -2.06. The van der Waals surface area contributed by atoms with E-state index in [1.165, 1.54) is 6.33 Å². The van der Waals surface area contributed by atoms with Crippen LogP contribution in [0.15, 0.2) is 6.33 Å². The van der Waals surface area contributed by atoms with E-state index in [2.05, 4.69) is 47.7 Å². The number of nitrogens with one attached hydrogen (secondary N) is 1. The molecule has 0 atom stereocenters. The zero-order valence-electron chi connectivity index (χ0n) is 8.44. The molecule has 7 nitrogen and oxygen atoms in total. The second-order valence-electron chi connectivity index (χ2n) is 2.96. The number of anilines is 1. The highest BCUT2D eigenvalue weighted by Gasteiger charge is 2.12. The molecule has 2 aromatic rings. The van der Waals surface area contributed by atoms with Crippen molar-refractivity contribution in [3.8, 4) is 11.6 Å². The third-order valence-electron chi connectivity index (χ3n) is 1.85. The first-order valence-corrected chi connectivity index (χ1v) is 5.46. The number of ether oxygens (including phenoxy) is 1. The molecule has 2 heterocycles. The minimum absolute atomic E-state index is 0.381. The molecule has 0 aliphatic carbocycles. The molecule has 2 aromatic heterocycles. The Morgan fingerprint density at radius 1 is 1.50 bits per heavy atom. The zero-order valence-corrected chi connectivity index (χ0v) is 10.6. The number of rotatable bonds is 3. The molecule has 0 radical (unpaired) electrons. The van der Waals surface area contributed by atoms with Gasteiger partial charge in [0.05, 0.1) is 15.9 Å². The summed E-state index contributed by atoms with van der Waals surface area (Å²) in [6.45, 7) is 0.381. The second kappa shape index (κ2) is 4.70. The van der Waals surface area contributed by atoms with Crippen LogP contribution in [-0.2, 0) is 11.3 Å². The van der Waals surface area contributed by atoms with Crippen molar-refractivity contribution in [2.75, 3.05) is 12.8 Å². The fraction of sp³-hybridized carbons (Fsp3) is 0.250. The van der Waals surface area contributed by atoms with Crippen LogP contribution in [0.3, 0.4) is 0 Å². The van der Waals surface area contributed by atoms with Crippen LogP contribution in [-0.4, -0.2) is 32.3 Å². The second-order valence-corrected chi connectivity index (χ2v) is 4.04. The summed E-state index contributed by atoms with van der Waals surface area (Å²) >= 11 is 2.09. The fourth-order valence-corrected chi connectivity index (χ4v) is 1.56. The number of halogens is 1. The predicted octanol–water partition coefficient (Wildman–Crippen LogP) is 0.595. The Morgan fingerprint density at radius 3 is 2.94 bits per heavy atom. The normalized spacial score (nSPS) is 10.6. The lowest BCUT2D eigenvalue weighted by Crippen LogP contribution is -2.06. The number of nitrogen functional groups attached to an aromatic ring is 1. The van der Waals surface area contributed by atoms with Gasteiger partial charge in [0.1, 0.15) is 12.1 Å². The monoisotopic (exact) mass is 332 g/mol. The summed E-state index contributed by atoms with van der Waals surface area (Å²) in [6, 6.07) is 0. The molecule has 0 amide bonds. The Hall–Kier alpha value is -1.29. The van der Waals surface area contributed by atoms with Gasteiger partial charge in [-0.2, -0.15) is 5.10 Å². The van der Waals surface area contributed by atoms with Crippen LogP contribution in [0.4, 0.5) is 5.82 Å². The van der Waals surface area contributed by atoms with E-state index in [-0.39, 0.29) is 0 Å². The first-order chi connectivity index (χ1) is 7.72. The minimum Gasteiger partial charge on any atom is -0.383 e. The zero-order chi connectivity index (χ0) is 11.5. The molecule has 0 spiro atoms. The first-order valence-electron chi connectivity index (χ1n) is 4.39. The number of methoxy groups -OCH3 is 1. The van der Waals surface area contributed by atoms with Crippen molar-refractivity contribution < 1.29 is 4.74 Å². The molecule has 8 heteroatoms. The van der Waals surface area contributed by atoms with Gasteiger partial charge in [0, 0.05) is 7.11 Å². The van der Waals surface area contributed by atoms with Crippen molar-refractivity contribution in [1.82, 2.24) is 25.1 Å². The average molecular weight is 332 g/mol. The summed E-state index contributed by atoms with van der Waals surface area (Å²) in [5.74, 6) is 1.32. The smallest absolute Gasteiger partial charge is 0.199 e. The van der Waals surface area contributed by atoms with Gasteiger partial charge in [-0.3, -0.25) is 5.10 Å². The highest BCUT2D eigenvalue weighted by atomic mass is 127. The SMILES string of the molecule is COCc1nc(-c2ncn[nH]2)nc(N)c1I. The van der Waals surface area contributed by atoms with Crippen LogP contribution in [0.2, 0.25) is 0 Å². The molecule has 0 fully saturated rings. The Morgan fingerprint density at radius 2 is 2.31 bits per heavy atom. The number of hydrogen-bond acceptors (Lipinski definition) is 6. The minimum atomic E-state index is 0.381. The van der Waals surface area contributed by atoms with Gasteiger partial charge in [-0.05, 0) is 22.6 Å². The molecular formula is C8H9IN6O. The molecule has 16 heavy (non-hydrogen) atoms. The largest absolute Gasteiger partial charge is 0.383 e. The topological polar surface area (TPSA) is 103 Å². The van der Waals surface area contributed by atoms with Gasteiger partial charge in [0.2, 0.25) is 0 Å². The number of H-pyrrole nitrogens is 1. The third kappa shape index (κ3) is 2.11. The van der Waals surface area contributed by atoms with Crippen molar-refractivity contribution in [2.45, 2.75) is 6.61 Å². The van der Waals surface area contributed by atoms with Crippen molar-refractivity contribution in [3.63, 3.8) is 0 Å². The summed E-state index contributed by atoms with van der Waals surface area (Å²) < 4.78 is 5.83. The van der Waals surface area contributed by atoms with Crippen molar-refractivity contribution in [3.05, 3.63) is 15.6 Å². The van der Waals surface area contributed by atoms with E-state index in [4.69, 9.17) is 10.5 Å². The Kier molecular flexibility index (Phi) is 3.29. The highest BCUT2D eigenvalue weighted by Crippen LogP contribution is 2.20. The Balaban J connectivity index is 2.48. The summed E-state index contributed by atoms with van der Waals surface area (Å²) in [5.41, 5.74) is 6.52. The van der Waals surface area contributed by atoms with E-state index < -0.39 is 0 Å². The standard InChI is InChI=1S/C8H9IN6O/c1-16-2-4-5(9)6(10)14-8(13-4)7-11-3-12-15-7/h3H,2H2,1H3,(H2,10,13,14)(H,11,12,15). The molecule has 0 aliphatic heterocycles. The van der Waals surface area contributed by atoms with Gasteiger partial charge >= 0.3 is 0 Å². The van der Waals surface area contributed by atoms with Gasteiger partial charge in [-0.15, -0.1) is 0 Å². The van der Waals surface area contributed by atoms with Crippen molar-refractivity contribution in [1.29, 1.82) is 0 Å². The average Bonchev–Trinajstić information content (AvgIpc) is 2.78. The molecule has 3 N–H and O–H groups in total. The summed E-state index contributed by atoms with van der Waals surface area (Å²) in [7, 11) is 1.60. The van der Waals surface area contributed by atoms with Crippen LogP contribution < -0.4 is 5.73 Å². The van der Waals surface area contributed by atoms with E-state index in [1.54, 1.807) is 7.11 Å². The lowest BCUT2D eigenvalue weighted by atomic mass is 10.4. The molecule has 0 aromatic carbocycles. The van der Waals surface area contributed by atoms with Crippen LogP contribution in [0.25, 0.3) is 11.6 Å². The maximum absolute atomic E-state index is 5.78. The summed E-state index contributed by atoms with van der Waals surface area (Å²) in [5, 5.41) is 6.42. The Labute approximate surface area is 105 Å². The van der Waals surface area contributed by atoms with Crippen molar-refractivity contribution in [2.24, 2.45) is 0 Å². The first kappa shape index (κ1) is 11.2. The highest BCUT2D eigenvalue weighted by molar-refractivity contribution is 14.1. The van der Waals surface area contributed by atoms with Crippen molar-refractivity contribution >= 4 is 28.4 Å². The lowest BCUT2D eigenvalue weighted by molar-refractivity contribution is 0.181. The molecule has 2 rings (SSSR count). The van der Waals surface area contributed by atoms with Gasteiger partial charge in [0.15, 0.2) is 11.6 Å². The van der Waals surface area contributed by atoms with E-state index in [9.17, 15) is 0 Å². The molecule has 0 bridgehead atoms. The van der Waals surface area contributed by atoms with E-state index in [0.29, 0.717) is 24.1 Å². The summed E-state index contributed by atoms with van der Waals surface area (Å²) in [6.07, 6.45) is 1.39. The van der Waals surface area contributed by atoms with Crippen LogP contribution in [0, 0.1) is 3.57 Å². The maximum Gasteiger partial charge on any atom is 0.199 e. The Bertz CT molecular complexity index is 486. The molecule has 0 aliphatic rings. The third-order valence-corrected chi connectivity index (χ3v) is 3.03. The van der Waals surface area contributed by atoms with Gasteiger partial charge < -0.3 is 10.5 Å². The predicted molar refractivity (Wildman–Crippen MR) is 65.3 cm³/mol. The van der Waals surface area contributed by atoms with Gasteiger partial charge in [-0.25, -0.2) is 15.0 Å². The van der Waals surface area contributed by atoms with E-state index >= 15 is 0 Å². The number of aromatic nitrogens is 5. The number of hydrogen-bond donors (Lipinski definition) is 2. The van der Waals surface area contributed by atoms with Crippen LogP contribution in [0.1, 0.15) is 5.69 Å². The fourth-order valence-electron chi connectivity index (χ4n) is 1.16. The van der Waals surface area contributed by atoms with E-state index in [1.807, 2.05) is 0 Å². The molecule has 0 saturated heterocycles. The van der Waals surface area contributed by atoms with Crippen LogP contribution >= 0.6 is 22.6 Å². The quantitative estimate of drug-likeness (QED) is 0.798. The number of nitrogens with zero attached hydrogens (tertiary/aromatic N) is 4. The molecule has 84 valence electrons. The molecular weight excluding hydrogens is 323 g/mol. The van der Waals surface area contributed by atoms with Gasteiger partial charge in [-0.1, -0.05) is 0 Å². The summed E-state index contributed by atoms with van der Waals surface area (Å²) in [4.78, 5) is 12.4. The van der Waals surface area contributed by atoms with Gasteiger partial charge in [0.25, 0.3) is 0 Å². The van der Waals surface area contributed by atoms with E-state index in [0.717, 1.165) is 9.26 Å². The van der Waals surface area contributed by atoms with Crippen LogP contribution in [0.5, 0.6) is 0 Å². The number of aromatic amines is 1. The maximum atomic E-state index is 5.78.